The largest absolute Gasteiger partial charge is 0.433 e. The van der Waals surface area contributed by atoms with E-state index in [4.69, 9.17) is 0 Å². The number of thioether (sulfide) groups is 1. The van der Waals surface area contributed by atoms with Gasteiger partial charge in [-0.15, -0.1) is 11.8 Å². The molecule has 0 aliphatic carbocycles. The number of pyridine rings is 1. The summed E-state index contributed by atoms with van der Waals surface area (Å²) in [6, 6.07) is 2.62. The minimum atomic E-state index is -4.58. The molecule has 0 radical (unpaired) electrons. The molecule has 2 saturated heterocycles. The highest BCUT2D eigenvalue weighted by Gasteiger charge is 2.52. The van der Waals surface area contributed by atoms with Crippen molar-refractivity contribution in [2.75, 3.05) is 11.1 Å². The lowest BCUT2D eigenvalue weighted by Crippen LogP contribution is -2.48. The molecule has 1 aromatic rings. The van der Waals surface area contributed by atoms with E-state index in [1.54, 1.807) is 4.90 Å². The minimum absolute atomic E-state index is 0.102. The molecule has 124 valence electrons. The van der Waals surface area contributed by atoms with E-state index in [1.807, 2.05) is 6.92 Å². The molecule has 2 aliphatic rings. The van der Waals surface area contributed by atoms with E-state index in [0.29, 0.717) is 18.6 Å². The average molecular weight is 345 g/mol. The van der Waals surface area contributed by atoms with Crippen LogP contribution in [0.4, 0.5) is 19.0 Å². The van der Waals surface area contributed by atoms with E-state index in [9.17, 15) is 22.8 Å². The monoisotopic (exact) mass is 345 g/mol. The van der Waals surface area contributed by atoms with Crippen LogP contribution in [0.3, 0.4) is 0 Å². The van der Waals surface area contributed by atoms with Crippen LogP contribution in [-0.2, 0) is 15.8 Å². The molecule has 5 nitrogen and oxygen atoms in total. The zero-order valence-corrected chi connectivity index (χ0v) is 13.0. The second kappa shape index (κ2) is 5.40. The summed E-state index contributed by atoms with van der Waals surface area (Å²) in [6.45, 7) is 1.90. The lowest BCUT2D eigenvalue weighted by Gasteiger charge is -2.29. The summed E-state index contributed by atoms with van der Waals surface area (Å²) in [7, 11) is 0. The van der Waals surface area contributed by atoms with E-state index in [1.165, 1.54) is 23.9 Å². The summed E-state index contributed by atoms with van der Waals surface area (Å²) in [4.78, 5) is 28.9. The van der Waals surface area contributed by atoms with Crippen molar-refractivity contribution in [1.82, 2.24) is 9.88 Å². The molecule has 1 N–H and O–H groups in total. The summed E-state index contributed by atoms with van der Waals surface area (Å²) in [6.07, 6.45) is -3.52. The van der Waals surface area contributed by atoms with Gasteiger partial charge in [-0.2, -0.15) is 13.2 Å². The van der Waals surface area contributed by atoms with E-state index in [0.717, 1.165) is 6.07 Å². The van der Waals surface area contributed by atoms with Gasteiger partial charge in [-0.3, -0.25) is 9.59 Å². The molecule has 23 heavy (non-hydrogen) atoms. The van der Waals surface area contributed by atoms with Gasteiger partial charge in [0, 0.05) is 12.2 Å². The highest BCUT2D eigenvalue weighted by Crippen LogP contribution is 2.47. The van der Waals surface area contributed by atoms with Gasteiger partial charge in [-0.25, -0.2) is 4.98 Å². The lowest BCUT2D eigenvalue weighted by atomic mass is 10.2. The normalized spacial score (nSPS) is 27.2. The van der Waals surface area contributed by atoms with Gasteiger partial charge < -0.3 is 10.2 Å². The fourth-order valence-corrected chi connectivity index (χ4v) is 4.32. The van der Waals surface area contributed by atoms with Crippen LogP contribution in [0, 0.1) is 0 Å². The smallest absolute Gasteiger partial charge is 0.315 e. The molecule has 2 fully saturated rings. The summed E-state index contributed by atoms with van der Waals surface area (Å²) < 4.78 is 38.0. The van der Waals surface area contributed by atoms with Crippen molar-refractivity contribution in [1.29, 1.82) is 0 Å². The maximum absolute atomic E-state index is 12.7. The van der Waals surface area contributed by atoms with Crippen molar-refractivity contribution in [3.63, 3.8) is 0 Å². The third kappa shape index (κ3) is 2.89. The van der Waals surface area contributed by atoms with Gasteiger partial charge in [-0.05, 0) is 25.5 Å². The second-order valence-corrected chi connectivity index (χ2v) is 7.16. The number of rotatable bonds is 2. The molecule has 9 heteroatoms. The molecule has 0 aromatic carbocycles. The predicted octanol–water partition coefficient (Wildman–Crippen LogP) is 2.49. The lowest BCUT2D eigenvalue weighted by molar-refractivity contribution is -0.141. The number of carbonyl (C=O) groups excluding carboxylic acids is 2. The molecule has 0 spiro atoms. The number of nitrogens with one attached hydrogen (secondary N) is 1. The molecular formula is C14H14F3N3O2S. The summed E-state index contributed by atoms with van der Waals surface area (Å²) >= 11 is 1.52. The highest BCUT2D eigenvalue weighted by atomic mass is 32.2. The summed E-state index contributed by atoms with van der Waals surface area (Å²) in [5.41, 5.74) is -1.07. The molecular weight excluding hydrogens is 331 g/mol. The number of aromatic nitrogens is 1. The third-order valence-corrected chi connectivity index (χ3v) is 5.54. The van der Waals surface area contributed by atoms with Crippen LogP contribution < -0.4 is 5.32 Å². The molecule has 3 heterocycles. The minimum Gasteiger partial charge on any atom is -0.315 e. The van der Waals surface area contributed by atoms with Crippen LogP contribution in [0.2, 0.25) is 0 Å². The van der Waals surface area contributed by atoms with Crippen LogP contribution in [-0.4, -0.2) is 38.4 Å². The molecule has 1 aromatic heterocycles. The molecule has 0 unspecified atom stereocenters. The van der Waals surface area contributed by atoms with Crippen molar-refractivity contribution < 1.29 is 22.8 Å². The van der Waals surface area contributed by atoms with Crippen LogP contribution in [0.25, 0.3) is 0 Å². The molecule has 3 rings (SSSR count). The van der Waals surface area contributed by atoms with Gasteiger partial charge in [0.1, 0.15) is 17.6 Å². The number of alkyl halides is 3. The zero-order chi connectivity index (χ0) is 16.8. The summed E-state index contributed by atoms with van der Waals surface area (Å²) in [5, 5.41) is 2.39. The Morgan fingerprint density at radius 1 is 1.48 bits per heavy atom. The third-order valence-electron chi connectivity index (χ3n) is 4.04. The molecule has 0 bridgehead atoms. The van der Waals surface area contributed by atoms with Gasteiger partial charge in [0.25, 0.3) is 0 Å². The van der Waals surface area contributed by atoms with Crippen LogP contribution in [0.5, 0.6) is 0 Å². The number of fused-ring (bicyclic) bond motifs is 1. The average Bonchev–Trinajstić information content (AvgIpc) is 2.95. The van der Waals surface area contributed by atoms with Crippen LogP contribution in [0.15, 0.2) is 18.2 Å². The van der Waals surface area contributed by atoms with Crippen molar-refractivity contribution in [2.45, 2.75) is 36.9 Å². The molecule has 2 atom stereocenters. The van der Waals surface area contributed by atoms with E-state index in [2.05, 4.69) is 10.3 Å². The Morgan fingerprint density at radius 3 is 2.91 bits per heavy atom. The fraction of sp³-hybridized carbons (Fsp3) is 0.500. The van der Waals surface area contributed by atoms with Gasteiger partial charge in [0.15, 0.2) is 0 Å². The maximum atomic E-state index is 12.7. The topological polar surface area (TPSA) is 62.3 Å². The second-order valence-electron chi connectivity index (χ2n) is 5.66. The van der Waals surface area contributed by atoms with Crippen LogP contribution >= 0.6 is 11.8 Å². The highest BCUT2D eigenvalue weighted by molar-refractivity contribution is 8.01. The standard InChI is InChI=1S/C14H14F3N3O2S/c1-13-6-5-11(21)20(13)8(7-23-13)12(22)19-10-4-2-3-9(18-10)14(15,16)17/h2-4,8H,5-7H2,1H3,(H,18,19,22)/t8-,13+/m1/s1. The Kier molecular flexibility index (Phi) is 3.78. The zero-order valence-electron chi connectivity index (χ0n) is 12.2. The van der Waals surface area contributed by atoms with Crippen molar-refractivity contribution in [2.24, 2.45) is 0 Å². The van der Waals surface area contributed by atoms with Crippen molar-refractivity contribution >= 4 is 29.4 Å². The number of nitrogens with zero attached hydrogens (tertiary/aromatic N) is 2. The fourth-order valence-electron chi connectivity index (χ4n) is 2.89. The Morgan fingerprint density at radius 2 is 2.22 bits per heavy atom. The van der Waals surface area contributed by atoms with E-state index >= 15 is 0 Å². The first-order valence-corrected chi connectivity index (χ1v) is 8.00. The van der Waals surface area contributed by atoms with E-state index < -0.39 is 28.7 Å². The quantitative estimate of drug-likeness (QED) is 0.895. The van der Waals surface area contributed by atoms with Crippen molar-refractivity contribution in [3.8, 4) is 0 Å². The van der Waals surface area contributed by atoms with Gasteiger partial charge in [0.05, 0.1) is 4.87 Å². The van der Waals surface area contributed by atoms with Crippen molar-refractivity contribution in [3.05, 3.63) is 23.9 Å². The van der Waals surface area contributed by atoms with Gasteiger partial charge >= 0.3 is 6.18 Å². The van der Waals surface area contributed by atoms with Gasteiger partial charge in [0.2, 0.25) is 11.8 Å². The Labute approximate surface area is 134 Å². The molecule has 2 aliphatic heterocycles. The number of hydrogen-bond acceptors (Lipinski definition) is 4. The number of anilines is 1. The molecule has 2 amide bonds. The Hall–Kier alpha value is -1.77. The van der Waals surface area contributed by atoms with Gasteiger partial charge in [-0.1, -0.05) is 6.07 Å². The Bertz CT molecular complexity index is 667. The Balaban J connectivity index is 1.77. The van der Waals surface area contributed by atoms with E-state index in [-0.39, 0.29) is 11.7 Å². The SMILES string of the molecule is C[C@]12CCC(=O)N1[C@@H](C(=O)Nc1cccc(C(F)(F)F)n1)CS2. The number of carbonyl (C=O) groups is 2. The first-order chi connectivity index (χ1) is 10.7. The maximum Gasteiger partial charge on any atom is 0.433 e. The number of amides is 2. The van der Waals surface area contributed by atoms with Crippen LogP contribution in [0.1, 0.15) is 25.5 Å². The first kappa shape index (κ1) is 16.1. The molecule has 0 saturated carbocycles. The summed E-state index contributed by atoms with van der Waals surface area (Å²) in [5.74, 6) is -0.361. The first-order valence-electron chi connectivity index (χ1n) is 7.02. The predicted molar refractivity (Wildman–Crippen MR) is 78.6 cm³/mol. The number of hydrogen-bond donors (Lipinski definition) is 1. The number of halogens is 3.